The zero-order valence-corrected chi connectivity index (χ0v) is 8.76. The maximum atomic E-state index is 10.7. The molecule has 0 radical (unpaired) electrons. The second-order valence-corrected chi connectivity index (χ2v) is 3.70. The summed E-state index contributed by atoms with van der Waals surface area (Å²) in [6.45, 7) is 5.51. The molecule has 0 aromatic carbocycles. The summed E-state index contributed by atoms with van der Waals surface area (Å²) in [5.41, 5.74) is 0.753. The standard InChI is InChI=1S/C11H16N2O2/c14-10-11-2-1-3-13(11)5-4-12-6-8-15-9-7-12/h1-3,10H,4-9H2. The second kappa shape index (κ2) is 5.09. The van der Waals surface area contributed by atoms with Crippen LogP contribution in [0.5, 0.6) is 0 Å². The number of nitrogens with zero attached hydrogens (tertiary/aromatic N) is 2. The van der Waals surface area contributed by atoms with Crippen LogP contribution in [0.25, 0.3) is 0 Å². The molecular formula is C11H16N2O2. The molecule has 2 heterocycles. The van der Waals surface area contributed by atoms with Crippen LogP contribution in [0.15, 0.2) is 18.3 Å². The third-order valence-electron chi connectivity index (χ3n) is 2.75. The second-order valence-electron chi connectivity index (χ2n) is 3.70. The van der Waals surface area contributed by atoms with Crippen LogP contribution in [-0.4, -0.2) is 48.6 Å². The number of aromatic nitrogens is 1. The topological polar surface area (TPSA) is 34.5 Å². The van der Waals surface area contributed by atoms with Crippen molar-refractivity contribution in [2.24, 2.45) is 0 Å². The van der Waals surface area contributed by atoms with Gasteiger partial charge in [0.15, 0.2) is 6.29 Å². The lowest BCUT2D eigenvalue weighted by Crippen LogP contribution is -2.38. The lowest BCUT2D eigenvalue weighted by molar-refractivity contribution is 0.0363. The van der Waals surface area contributed by atoms with Crippen LogP contribution >= 0.6 is 0 Å². The van der Waals surface area contributed by atoms with E-state index in [1.165, 1.54) is 0 Å². The first-order valence-electron chi connectivity index (χ1n) is 5.30. The maximum absolute atomic E-state index is 10.7. The Morgan fingerprint density at radius 2 is 2.13 bits per heavy atom. The first kappa shape index (κ1) is 10.4. The Hall–Kier alpha value is -1.13. The highest BCUT2D eigenvalue weighted by atomic mass is 16.5. The van der Waals surface area contributed by atoms with Gasteiger partial charge in [0.2, 0.25) is 0 Å². The number of carbonyl (C=O) groups excluding carboxylic acids is 1. The van der Waals surface area contributed by atoms with Crippen LogP contribution in [0.2, 0.25) is 0 Å². The number of ether oxygens (including phenoxy) is 1. The summed E-state index contributed by atoms with van der Waals surface area (Å²) in [7, 11) is 0. The molecule has 0 spiro atoms. The number of aldehydes is 1. The summed E-state index contributed by atoms with van der Waals surface area (Å²) < 4.78 is 7.27. The van der Waals surface area contributed by atoms with Crippen molar-refractivity contribution in [3.05, 3.63) is 24.0 Å². The fourth-order valence-electron chi connectivity index (χ4n) is 1.81. The SMILES string of the molecule is O=Cc1cccn1CCN1CCOCC1. The number of carbonyl (C=O) groups is 1. The zero-order valence-electron chi connectivity index (χ0n) is 8.76. The molecule has 82 valence electrons. The molecule has 0 amide bonds. The molecule has 1 aromatic rings. The molecule has 1 aliphatic rings. The van der Waals surface area contributed by atoms with Gasteiger partial charge in [-0.15, -0.1) is 0 Å². The van der Waals surface area contributed by atoms with Gasteiger partial charge in [-0.3, -0.25) is 9.69 Å². The Morgan fingerprint density at radius 1 is 1.33 bits per heavy atom. The smallest absolute Gasteiger partial charge is 0.166 e. The van der Waals surface area contributed by atoms with E-state index in [-0.39, 0.29) is 0 Å². The van der Waals surface area contributed by atoms with Gasteiger partial charge in [0.25, 0.3) is 0 Å². The summed E-state index contributed by atoms with van der Waals surface area (Å²) in [4.78, 5) is 13.0. The van der Waals surface area contributed by atoms with Crippen molar-refractivity contribution in [1.82, 2.24) is 9.47 Å². The van der Waals surface area contributed by atoms with Gasteiger partial charge < -0.3 is 9.30 Å². The Balaban J connectivity index is 1.84. The van der Waals surface area contributed by atoms with E-state index >= 15 is 0 Å². The lowest BCUT2D eigenvalue weighted by atomic mass is 10.4. The fourth-order valence-corrected chi connectivity index (χ4v) is 1.81. The van der Waals surface area contributed by atoms with Crippen molar-refractivity contribution >= 4 is 6.29 Å². The molecule has 2 rings (SSSR count). The Kier molecular flexibility index (Phi) is 3.53. The summed E-state index contributed by atoms with van der Waals surface area (Å²) in [6, 6.07) is 3.75. The molecule has 0 saturated carbocycles. The van der Waals surface area contributed by atoms with Crippen LogP contribution in [0.3, 0.4) is 0 Å². The van der Waals surface area contributed by atoms with Crippen molar-refractivity contribution in [3.8, 4) is 0 Å². The highest BCUT2D eigenvalue weighted by molar-refractivity contribution is 5.72. The highest BCUT2D eigenvalue weighted by Crippen LogP contribution is 2.01. The van der Waals surface area contributed by atoms with Crippen molar-refractivity contribution < 1.29 is 9.53 Å². The van der Waals surface area contributed by atoms with Crippen LogP contribution in [0.1, 0.15) is 10.5 Å². The third-order valence-corrected chi connectivity index (χ3v) is 2.75. The van der Waals surface area contributed by atoms with Gasteiger partial charge in [-0.1, -0.05) is 0 Å². The number of morpholine rings is 1. The monoisotopic (exact) mass is 208 g/mol. The molecule has 4 nitrogen and oxygen atoms in total. The van der Waals surface area contributed by atoms with E-state index in [0.29, 0.717) is 0 Å². The van der Waals surface area contributed by atoms with Crippen LogP contribution in [0.4, 0.5) is 0 Å². The first-order valence-corrected chi connectivity index (χ1v) is 5.30. The van der Waals surface area contributed by atoms with Gasteiger partial charge >= 0.3 is 0 Å². The minimum atomic E-state index is 0.753. The van der Waals surface area contributed by atoms with E-state index in [1.54, 1.807) is 0 Å². The minimum Gasteiger partial charge on any atom is -0.379 e. The van der Waals surface area contributed by atoms with E-state index in [0.717, 1.165) is 51.4 Å². The minimum absolute atomic E-state index is 0.753. The highest BCUT2D eigenvalue weighted by Gasteiger charge is 2.10. The quantitative estimate of drug-likeness (QED) is 0.681. The van der Waals surface area contributed by atoms with Crippen molar-refractivity contribution in [2.75, 3.05) is 32.8 Å². The normalized spacial score (nSPS) is 17.9. The summed E-state index contributed by atoms with van der Waals surface area (Å²) >= 11 is 0. The van der Waals surface area contributed by atoms with E-state index in [9.17, 15) is 4.79 Å². The van der Waals surface area contributed by atoms with E-state index in [4.69, 9.17) is 4.74 Å². The van der Waals surface area contributed by atoms with Crippen LogP contribution in [-0.2, 0) is 11.3 Å². The van der Waals surface area contributed by atoms with Gasteiger partial charge in [0.1, 0.15) is 0 Å². The van der Waals surface area contributed by atoms with Gasteiger partial charge in [0, 0.05) is 32.4 Å². The Labute approximate surface area is 89.4 Å². The largest absolute Gasteiger partial charge is 0.379 e. The van der Waals surface area contributed by atoms with Gasteiger partial charge in [-0.2, -0.15) is 0 Å². The maximum Gasteiger partial charge on any atom is 0.166 e. The molecule has 0 atom stereocenters. The van der Waals surface area contributed by atoms with Crippen molar-refractivity contribution in [2.45, 2.75) is 6.54 Å². The van der Waals surface area contributed by atoms with Gasteiger partial charge in [0.05, 0.1) is 18.9 Å². The molecule has 1 aromatic heterocycles. The van der Waals surface area contributed by atoms with E-state index in [1.807, 2.05) is 22.9 Å². The third kappa shape index (κ3) is 2.67. The molecule has 0 bridgehead atoms. The first-order chi connectivity index (χ1) is 7.40. The number of hydrogen-bond acceptors (Lipinski definition) is 3. The molecule has 0 unspecified atom stereocenters. The molecule has 4 heteroatoms. The van der Waals surface area contributed by atoms with Crippen molar-refractivity contribution in [3.63, 3.8) is 0 Å². The average molecular weight is 208 g/mol. The Morgan fingerprint density at radius 3 is 2.87 bits per heavy atom. The molecule has 0 aliphatic carbocycles. The number of hydrogen-bond donors (Lipinski definition) is 0. The molecule has 1 fully saturated rings. The molecular weight excluding hydrogens is 192 g/mol. The predicted molar refractivity (Wildman–Crippen MR) is 57.1 cm³/mol. The van der Waals surface area contributed by atoms with Crippen molar-refractivity contribution in [1.29, 1.82) is 0 Å². The number of rotatable bonds is 4. The lowest BCUT2D eigenvalue weighted by Gasteiger charge is -2.26. The fraction of sp³-hybridized carbons (Fsp3) is 0.545. The summed E-state index contributed by atoms with van der Waals surface area (Å²) in [5.74, 6) is 0. The van der Waals surface area contributed by atoms with E-state index in [2.05, 4.69) is 4.90 Å². The molecule has 1 saturated heterocycles. The predicted octanol–water partition coefficient (Wildman–Crippen LogP) is 0.633. The van der Waals surface area contributed by atoms with Gasteiger partial charge in [-0.05, 0) is 12.1 Å². The summed E-state index contributed by atoms with van der Waals surface area (Å²) in [6.07, 6.45) is 2.85. The molecule has 0 N–H and O–H groups in total. The Bertz CT molecular complexity index is 316. The van der Waals surface area contributed by atoms with Crippen LogP contribution in [0, 0.1) is 0 Å². The van der Waals surface area contributed by atoms with E-state index < -0.39 is 0 Å². The zero-order chi connectivity index (χ0) is 10.5. The van der Waals surface area contributed by atoms with Crippen LogP contribution < -0.4 is 0 Å². The molecule has 15 heavy (non-hydrogen) atoms. The molecule has 1 aliphatic heterocycles. The summed E-state index contributed by atoms with van der Waals surface area (Å²) in [5, 5.41) is 0. The average Bonchev–Trinajstić information content (AvgIpc) is 2.75. The van der Waals surface area contributed by atoms with Gasteiger partial charge in [-0.25, -0.2) is 0 Å².